The van der Waals surface area contributed by atoms with Crippen LogP contribution in [0.1, 0.15) is 13.3 Å². The third kappa shape index (κ3) is 3.21. The van der Waals surface area contributed by atoms with Crippen LogP contribution in [0.5, 0.6) is 0 Å². The summed E-state index contributed by atoms with van der Waals surface area (Å²) in [5.74, 6) is -7.44. The molecule has 0 aromatic heterocycles. The molecule has 0 aliphatic heterocycles. The lowest BCUT2D eigenvalue weighted by Gasteiger charge is -2.17. The number of hydrogen-bond donors (Lipinski definition) is 0. The van der Waals surface area contributed by atoms with Crippen molar-refractivity contribution in [3.63, 3.8) is 0 Å². The normalized spacial score (nSPS) is 13.0. The number of carbonyl (C=O) groups is 1. The van der Waals surface area contributed by atoms with Gasteiger partial charge in [0.25, 0.3) is 0 Å². The lowest BCUT2D eigenvalue weighted by atomic mass is 10.1. The number of ether oxygens (including phenoxy) is 1. The highest BCUT2D eigenvalue weighted by Gasteiger charge is 2.62. The third-order valence-electron chi connectivity index (χ3n) is 1.38. The monoisotopic (exact) mass is 220 g/mol. The molecule has 0 aliphatic carbocycles. The first-order valence-electron chi connectivity index (χ1n) is 3.79. The number of hydrogen-bond acceptors (Lipinski definition) is 2. The van der Waals surface area contributed by atoms with Crippen LogP contribution in [0.3, 0.4) is 0 Å². The smallest absolute Gasteiger partial charge is 0.381 e. The molecule has 0 aromatic carbocycles. The maximum atomic E-state index is 12.2. The average Bonchev–Trinajstić information content (AvgIpc) is 2.02. The van der Waals surface area contributed by atoms with Crippen LogP contribution in [-0.2, 0) is 9.53 Å². The van der Waals surface area contributed by atoms with E-state index in [1.807, 2.05) is 0 Å². The molecule has 14 heavy (non-hydrogen) atoms. The van der Waals surface area contributed by atoms with Gasteiger partial charge in [-0.1, -0.05) is 0 Å². The predicted octanol–water partition coefficient (Wildman–Crippen LogP) is 2.18. The van der Waals surface area contributed by atoms with Crippen molar-refractivity contribution in [2.75, 3.05) is 13.2 Å². The highest BCUT2D eigenvalue weighted by atomic mass is 19.4. The lowest BCUT2D eigenvalue weighted by Crippen LogP contribution is -2.44. The van der Waals surface area contributed by atoms with E-state index in [1.165, 1.54) is 6.92 Å². The van der Waals surface area contributed by atoms with Gasteiger partial charge in [-0.15, -0.1) is 0 Å². The summed E-state index contributed by atoms with van der Waals surface area (Å²) in [6.07, 6.45) is -6.77. The van der Waals surface area contributed by atoms with Crippen LogP contribution in [0.2, 0.25) is 0 Å². The molecule has 7 heteroatoms. The summed E-state index contributed by atoms with van der Waals surface area (Å²) >= 11 is 0. The molecule has 0 aromatic rings. The first-order valence-corrected chi connectivity index (χ1v) is 3.79. The summed E-state index contributed by atoms with van der Waals surface area (Å²) in [5, 5.41) is 0. The Labute approximate surface area is 77.0 Å². The Morgan fingerprint density at radius 1 is 1.21 bits per heavy atom. The molecule has 0 rings (SSSR count). The van der Waals surface area contributed by atoms with Gasteiger partial charge in [-0.3, -0.25) is 4.79 Å². The van der Waals surface area contributed by atoms with Crippen LogP contribution >= 0.6 is 0 Å². The van der Waals surface area contributed by atoms with Crippen molar-refractivity contribution in [2.24, 2.45) is 0 Å². The van der Waals surface area contributed by atoms with Crippen molar-refractivity contribution in [3.8, 4) is 0 Å². The second-order valence-electron chi connectivity index (χ2n) is 2.44. The molecule has 0 aliphatic rings. The van der Waals surface area contributed by atoms with Gasteiger partial charge in [-0.05, 0) is 6.92 Å². The van der Waals surface area contributed by atoms with Gasteiger partial charge >= 0.3 is 12.1 Å². The molecular weight excluding hydrogens is 211 g/mol. The topological polar surface area (TPSA) is 26.3 Å². The van der Waals surface area contributed by atoms with Crippen LogP contribution in [0, 0.1) is 0 Å². The fraction of sp³-hybridized carbons (Fsp3) is 0.857. The van der Waals surface area contributed by atoms with Gasteiger partial charge in [0.2, 0.25) is 5.78 Å². The molecular formula is C7H9F5O2. The maximum Gasteiger partial charge on any atom is 0.461 e. The number of ketones is 1. The molecule has 0 radical (unpaired) electrons. The first kappa shape index (κ1) is 13.3. The third-order valence-corrected chi connectivity index (χ3v) is 1.38. The van der Waals surface area contributed by atoms with Gasteiger partial charge in [0.05, 0.1) is 6.61 Å². The fourth-order valence-electron chi connectivity index (χ4n) is 0.624. The average molecular weight is 220 g/mol. The minimum absolute atomic E-state index is 0.158. The molecule has 0 fully saturated rings. The summed E-state index contributed by atoms with van der Waals surface area (Å²) in [7, 11) is 0. The van der Waals surface area contributed by atoms with E-state index in [4.69, 9.17) is 0 Å². The first-order chi connectivity index (χ1) is 6.23. The van der Waals surface area contributed by atoms with Crippen LogP contribution in [0.4, 0.5) is 22.0 Å². The number of alkyl halides is 5. The second-order valence-corrected chi connectivity index (χ2v) is 2.44. The SMILES string of the molecule is CCOCCC(=O)C(F)(F)C(F)(F)F. The van der Waals surface area contributed by atoms with Crippen LogP contribution in [0.15, 0.2) is 0 Å². The van der Waals surface area contributed by atoms with Gasteiger partial charge in [0.1, 0.15) is 0 Å². The molecule has 0 amide bonds. The van der Waals surface area contributed by atoms with Gasteiger partial charge in [0.15, 0.2) is 0 Å². The van der Waals surface area contributed by atoms with Crippen LogP contribution in [-0.4, -0.2) is 31.1 Å². The maximum absolute atomic E-state index is 12.2. The predicted molar refractivity (Wildman–Crippen MR) is 37.1 cm³/mol. The number of halogens is 5. The van der Waals surface area contributed by atoms with Crippen LogP contribution < -0.4 is 0 Å². The van der Waals surface area contributed by atoms with Crippen molar-refractivity contribution >= 4 is 5.78 Å². The van der Waals surface area contributed by atoms with E-state index in [-0.39, 0.29) is 6.61 Å². The molecule has 0 N–H and O–H groups in total. The highest BCUT2D eigenvalue weighted by molar-refractivity contribution is 5.86. The quantitative estimate of drug-likeness (QED) is 0.524. The van der Waals surface area contributed by atoms with E-state index in [2.05, 4.69) is 4.74 Å². The van der Waals surface area contributed by atoms with Gasteiger partial charge < -0.3 is 4.74 Å². The van der Waals surface area contributed by atoms with Crippen molar-refractivity contribution in [2.45, 2.75) is 25.4 Å². The lowest BCUT2D eigenvalue weighted by molar-refractivity contribution is -0.269. The Bertz CT molecular complexity index is 199. The molecule has 0 bridgehead atoms. The van der Waals surface area contributed by atoms with Gasteiger partial charge in [0, 0.05) is 13.0 Å². The summed E-state index contributed by atoms with van der Waals surface area (Å²) < 4.78 is 63.7. The van der Waals surface area contributed by atoms with E-state index >= 15 is 0 Å². The Morgan fingerprint density at radius 3 is 2.07 bits per heavy atom. The van der Waals surface area contributed by atoms with E-state index in [9.17, 15) is 26.7 Å². The number of Topliss-reactive ketones (excluding diaryl/α,β-unsaturated/α-hetero) is 1. The summed E-state index contributed by atoms with van der Waals surface area (Å²) in [6, 6.07) is 0. The number of rotatable bonds is 5. The Hall–Kier alpha value is -0.720. The zero-order chi connectivity index (χ0) is 11.4. The van der Waals surface area contributed by atoms with Crippen molar-refractivity contribution in [1.29, 1.82) is 0 Å². The molecule has 0 unspecified atom stereocenters. The van der Waals surface area contributed by atoms with Crippen molar-refractivity contribution in [1.82, 2.24) is 0 Å². The van der Waals surface area contributed by atoms with Gasteiger partial charge in [-0.25, -0.2) is 0 Å². The van der Waals surface area contributed by atoms with E-state index < -0.39 is 30.9 Å². The summed E-state index contributed by atoms with van der Waals surface area (Å²) in [6.45, 7) is 1.26. The van der Waals surface area contributed by atoms with E-state index in [0.29, 0.717) is 0 Å². The van der Waals surface area contributed by atoms with E-state index in [1.54, 1.807) is 0 Å². The highest BCUT2D eigenvalue weighted by Crippen LogP contribution is 2.36. The molecule has 0 heterocycles. The van der Waals surface area contributed by atoms with Crippen LogP contribution in [0.25, 0.3) is 0 Å². The zero-order valence-corrected chi connectivity index (χ0v) is 7.33. The zero-order valence-electron chi connectivity index (χ0n) is 7.33. The molecule has 0 spiro atoms. The largest absolute Gasteiger partial charge is 0.461 e. The Kier molecular flexibility index (Phi) is 4.44. The molecule has 2 nitrogen and oxygen atoms in total. The Balaban J connectivity index is 4.23. The van der Waals surface area contributed by atoms with Gasteiger partial charge in [-0.2, -0.15) is 22.0 Å². The molecule has 0 atom stereocenters. The standard InChI is InChI=1S/C7H9F5O2/c1-2-14-4-3-5(13)6(8,9)7(10,11)12/h2-4H2,1H3. The summed E-state index contributed by atoms with van der Waals surface area (Å²) in [4.78, 5) is 10.4. The fourth-order valence-corrected chi connectivity index (χ4v) is 0.624. The molecule has 84 valence electrons. The van der Waals surface area contributed by atoms with Crippen molar-refractivity contribution in [3.05, 3.63) is 0 Å². The Morgan fingerprint density at radius 2 is 1.71 bits per heavy atom. The molecule has 0 saturated carbocycles. The van der Waals surface area contributed by atoms with Crippen molar-refractivity contribution < 1.29 is 31.5 Å². The summed E-state index contributed by atoms with van der Waals surface area (Å²) in [5.41, 5.74) is 0. The van der Waals surface area contributed by atoms with E-state index in [0.717, 1.165) is 0 Å². The second kappa shape index (κ2) is 4.68. The number of carbonyl (C=O) groups excluding carboxylic acids is 1. The minimum atomic E-state index is -5.82. The minimum Gasteiger partial charge on any atom is -0.381 e. The molecule has 0 saturated heterocycles.